The van der Waals surface area contributed by atoms with Gasteiger partial charge in [0, 0.05) is 13.8 Å². The molecular weight excluding hydrogens is 210 g/mol. The monoisotopic (exact) mass is 221 g/mol. The van der Waals surface area contributed by atoms with E-state index in [1.165, 1.54) is 38.1 Å². The molecule has 0 heterocycles. The van der Waals surface area contributed by atoms with E-state index < -0.39 is 17.8 Å². The highest BCUT2D eigenvalue weighted by molar-refractivity contribution is 6.13. The van der Waals surface area contributed by atoms with Crippen LogP contribution in [0.25, 0.3) is 0 Å². The second-order valence-electron chi connectivity index (χ2n) is 3.23. The molecule has 84 valence electrons. The third kappa shape index (κ3) is 2.44. The standard InChI is InChI=1S/C11H11NO4/c1-7(13)12(8(2)14)10-5-3-4-9(6-10)11(15)16/h3-6H,1-2H3,(H,15,16). The van der Waals surface area contributed by atoms with Crippen LogP contribution in [-0.2, 0) is 9.59 Å². The first-order chi connectivity index (χ1) is 7.43. The van der Waals surface area contributed by atoms with Crippen molar-refractivity contribution in [2.45, 2.75) is 13.8 Å². The van der Waals surface area contributed by atoms with Gasteiger partial charge in [-0.15, -0.1) is 0 Å². The van der Waals surface area contributed by atoms with E-state index in [0.29, 0.717) is 0 Å². The first-order valence-corrected chi connectivity index (χ1v) is 4.58. The fourth-order valence-corrected chi connectivity index (χ4v) is 1.36. The van der Waals surface area contributed by atoms with Gasteiger partial charge in [0.15, 0.2) is 0 Å². The minimum atomic E-state index is -1.10. The molecule has 0 saturated heterocycles. The molecule has 0 saturated carbocycles. The molecule has 5 nitrogen and oxygen atoms in total. The van der Waals surface area contributed by atoms with Crippen LogP contribution in [-0.4, -0.2) is 22.9 Å². The molecule has 0 aromatic heterocycles. The van der Waals surface area contributed by atoms with Crippen LogP contribution in [0.1, 0.15) is 24.2 Å². The molecule has 1 rings (SSSR count). The SMILES string of the molecule is CC(=O)N(C(C)=O)c1cccc(C(=O)O)c1. The molecule has 0 atom stereocenters. The van der Waals surface area contributed by atoms with Crippen molar-refractivity contribution in [3.05, 3.63) is 29.8 Å². The number of imide groups is 1. The van der Waals surface area contributed by atoms with Crippen LogP contribution < -0.4 is 4.90 Å². The van der Waals surface area contributed by atoms with Gasteiger partial charge in [0.2, 0.25) is 11.8 Å². The summed E-state index contributed by atoms with van der Waals surface area (Å²) in [6.07, 6.45) is 0. The highest BCUT2D eigenvalue weighted by Crippen LogP contribution is 2.16. The molecule has 2 amide bonds. The number of carbonyl (C=O) groups excluding carboxylic acids is 2. The Bertz CT molecular complexity index is 439. The van der Waals surface area contributed by atoms with Crippen LogP contribution in [0.15, 0.2) is 24.3 Å². The van der Waals surface area contributed by atoms with Crippen LogP contribution in [0, 0.1) is 0 Å². The van der Waals surface area contributed by atoms with Crippen molar-refractivity contribution < 1.29 is 19.5 Å². The predicted octanol–water partition coefficient (Wildman–Crippen LogP) is 1.28. The summed E-state index contributed by atoms with van der Waals surface area (Å²) in [7, 11) is 0. The minimum Gasteiger partial charge on any atom is -0.478 e. The summed E-state index contributed by atoms with van der Waals surface area (Å²) >= 11 is 0. The highest BCUT2D eigenvalue weighted by Gasteiger charge is 2.17. The van der Waals surface area contributed by atoms with Crippen LogP contribution in [0.5, 0.6) is 0 Å². The minimum absolute atomic E-state index is 0.0324. The molecule has 16 heavy (non-hydrogen) atoms. The number of benzene rings is 1. The summed E-state index contributed by atoms with van der Waals surface area (Å²) in [6.45, 7) is 2.49. The van der Waals surface area contributed by atoms with Gasteiger partial charge in [-0.3, -0.25) is 14.5 Å². The van der Waals surface area contributed by atoms with Crippen LogP contribution in [0.4, 0.5) is 5.69 Å². The molecule has 0 radical (unpaired) electrons. The second-order valence-corrected chi connectivity index (χ2v) is 3.23. The van der Waals surface area contributed by atoms with Gasteiger partial charge in [0.25, 0.3) is 0 Å². The quantitative estimate of drug-likeness (QED) is 0.816. The summed E-state index contributed by atoms with van der Waals surface area (Å²) in [5, 5.41) is 8.78. The third-order valence-corrected chi connectivity index (χ3v) is 1.98. The lowest BCUT2D eigenvalue weighted by molar-refractivity contribution is -0.124. The summed E-state index contributed by atoms with van der Waals surface area (Å²) in [5.41, 5.74) is 0.296. The van der Waals surface area contributed by atoms with E-state index in [4.69, 9.17) is 5.11 Å². The largest absolute Gasteiger partial charge is 0.478 e. The number of aromatic carboxylic acids is 1. The maximum Gasteiger partial charge on any atom is 0.335 e. The molecule has 0 aliphatic carbocycles. The van der Waals surface area contributed by atoms with Crippen molar-refractivity contribution in [3.63, 3.8) is 0 Å². The number of hydrogen-bond acceptors (Lipinski definition) is 3. The lowest BCUT2D eigenvalue weighted by atomic mass is 10.2. The maximum absolute atomic E-state index is 11.2. The van der Waals surface area contributed by atoms with Crippen molar-refractivity contribution in [2.24, 2.45) is 0 Å². The molecular formula is C11H11NO4. The van der Waals surface area contributed by atoms with Gasteiger partial charge in [-0.05, 0) is 18.2 Å². The van der Waals surface area contributed by atoms with Gasteiger partial charge in [-0.25, -0.2) is 4.79 Å². The number of rotatable bonds is 2. The summed E-state index contributed by atoms with van der Waals surface area (Å²) in [5.74, 6) is -2.00. The van der Waals surface area contributed by atoms with Crippen molar-refractivity contribution >= 4 is 23.5 Å². The number of carboxylic acids is 1. The van der Waals surface area contributed by atoms with Crippen LogP contribution in [0.3, 0.4) is 0 Å². The third-order valence-electron chi connectivity index (χ3n) is 1.98. The van der Waals surface area contributed by atoms with Crippen molar-refractivity contribution in [1.29, 1.82) is 0 Å². The number of hydrogen-bond donors (Lipinski definition) is 1. The molecule has 0 spiro atoms. The van der Waals surface area contributed by atoms with Gasteiger partial charge in [0.1, 0.15) is 0 Å². The van der Waals surface area contributed by atoms with E-state index in [0.717, 1.165) is 4.90 Å². The van der Waals surface area contributed by atoms with E-state index in [1.54, 1.807) is 0 Å². The lowest BCUT2D eigenvalue weighted by Gasteiger charge is -2.17. The van der Waals surface area contributed by atoms with Crippen LogP contribution in [0.2, 0.25) is 0 Å². The van der Waals surface area contributed by atoms with E-state index in [2.05, 4.69) is 0 Å². The first kappa shape index (κ1) is 11.9. The fourth-order valence-electron chi connectivity index (χ4n) is 1.36. The lowest BCUT2D eigenvalue weighted by Crippen LogP contribution is -2.33. The molecule has 1 N–H and O–H groups in total. The van der Waals surface area contributed by atoms with E-state index in [1.807, 2.05) is 0 Å². The molecule has 0 unspecified atom stereocenters. The summed E-state index contributed by atoms with van der Waals surface area (Å²) in [4.78, 5) is 34.1. The topological polar surface area (TPSA) is 74.7 Å². The Morgan fingerprint density at radius 1 is 1.12 bits per heavy atom. The zero-order chi connectivity index (χ0) is 12.3. The predicted molar refractivity (Wildman–Crippen MR) is 57.2 cm³/mol. The Kier molecular flexibility index (Phi) is 3.40. The normalized spacial score (nSPS) is 9.62. The molecule has 5 heteroatoms. The van der Waals surface area contributed by atoms with E-state index in [9.17, 15) is 14.4 Å². The average molecular weight is 221 g/mol. The fraction of sp³-hybridized carbons (Fsp3) is 0.182. The summed E-state index contributed by atoms with van der Waals surface area (Å²) < 4.78 is 0. The van der Waals surface area contributed by atoms with Crippen LogP contribution >= 0.6 is 0 Å². The van der Waals surface area contributed by atoms with E-state index >= 15 is 0 Å². The van der Waals surface area contributed by atoms with Gasteiger partial charge in [-0.2, -0.15) is 0 Å². The number of anilines is 1. The first-order valence-electron chi connectivity index (χ1n) is 4.58. The van der Waals surface area contributed by atoms with Crippen molar-refractivity contribution in [3.8, 4) is 0 Å². The number of nitrogens with zero attached hydrogens (tertiary/aromatic N) is 1. The van der Waals surface area contributed by atoms with E-state index in [-0.39, 0.29) is 11.3 Å². The molecule has 1 aromatic rings. The molecule has 0 fully saturated rings. The van der Waals surface area contributed by atoms with Crippen molar-refractivity contribution in [1.82, 2.24) is 0 Å². The second kappa shape index (κ2) is 4.57. The number of amides is 2. The van der Waals surface area contributed by atoms with Gasteiger partial charge in [0.05, 0.1) is 11.3 Å². The van der Waals surface area contributed by atoms with Gasteiger partial charge in [-0.1, -0.05) is 6.07 Å². The Balaban J connectivity index is 3.20. The van der Waals surface area contributed by atoms with Gasteiger partial charge >= 0.3 is 5.97 Å². The Morgan fingerprint density at radius 3 is 2.12 bits per heavy atom. The van der Waals surface area contributed by atoms with Crippen molar-refractivity contribution in [2.75, 3.05) is 4.90 Å². The average Bonchev–Trinajstić information content (AvgIpc) is 2.16. The smallest absolute Gasteiger partial charge is 0.335 e. The number of carboxylic acid groups (broad SMARTS) is 1. The Hall–Kier alpha value is -2.17. The maximum atomic E-state index is 11.2. The zero-order valence-corrected chi connectivity index (χ0v) is 8.93. The highest BCUT2D eigenvalue weighted by atomic mass is 16.4. The number of carbonyl (C=O) groups is 3. The molecule has 0 bridgehead atoms. The zero-order valence-electron chi connectivity index (χ0n) is 8.93. The Morgan fingerprint density at radius 2 is 1.69 bits per heavy atom. The van der Waals surface area contributed by atoms with Gasteiger partial charge < -0.3 is 5.11 Å². The molecule has 1 aromatic carbocycles. The Labute approximate surface area is 92.3 Å². The molecule has 0 aliphatic heterocycles. The summed E-state index contributed by atoms with van der Waals surface area (Å²) in [6, 6.07) is 5.67. The molecule has 0 aliphatic rings.